The lowest BCUT2D eigenvalue weighted by molar-refractivity contribution is -0.380. The number of nitro groups is 1. The highest BCUT2D eigenvalue weighted by atomic mass is 32.1. The van der Waals surface area contributed by atoms with Crippen molar-refractivity contribution >= 4 is 21.5 Å². The number of nitrogens with one attached hydrogen (secondary N) is 1. The molecule has 2 heterocycles. The van der Waals surface area contributed by atoms with Gasteiger partial charge in [0.2, 0.25) is 5.13 Å². The Kier molecular flexibility index (Phi) is 3.09. The molecule has 15 heavy (non-hydrogen) atoms. The van der Waals surface area contributed by atoms with Gasteiger partial charge in [-0.05, 0) is 11.3 Å². The number of hydrogen-bond donors (Lipinski definition) is 1. The van der Waals surface area contributed by atoms with Gasteiger partial charge in [-0.1, -0.05) is 0 Å². The molecule has 0 atom stereocenters. The Bertz CT molecular complexity index is 350. The Hall–Kier alpha value is -1.25. The molecular formula is C7H10N4O3S. The zero-order valence-electron chi connectivity index (χ0n) is 7.88. The second-order valence-corrected chi connectivity index (χ2v) is 3.98. The first-order valence-corrected chi connectivity index (χ1v) is 5.27. The molecule has 1 aliphatic rings. The average molecular weight is 230 g/mol. The molecule has 0 spiro atoms. The number of ether oxygens (including phenoxy) is 1. The van der Waals surface area contributed by atoms with E-state index in [0.717, 1.165) is 24.4 Å². The summed E-state index contributed by atoms with van der Waals surface area (Å²) in [6.07, 6.45) is 1.26. The molecule has 1 N–H and O–H groups in total. The maximum atomic E-state index is 10.4. The zero-order valence-corrected chi connectivity index (χ0v) is 8.70. The Morgan fingerprint density at radius 2 is 2.33 bits per heavy atom. The molecule has 2 rings (SSSR count). The fraction of sp³-hybridized carbons (Fsp3) is 0.571. The molecule has 0 saturated carbocycles. The number of nitrogens with zero attached hydrogens (tertiary/aromatic N) is 3. The topological polar surface area (TPSA) is 80.5 Å². The SMILES string of the molecule is O=[N+]([O-])c1cnc(NN2CCOCC2)s1. The molecule has 7 nitrogen and oxygen atoms in total. The van der Waals surface area contributed by atoms with E-state index in [1.807, 2.05) is 5.01 Å². The Morgan fingerprint density at radius 3 is 2.93 bits per heavy atom. The third kappa shape index (κ3) is 2.61. The molecule has 1 aromatic rings. The second-order valence-electron chi connectivity index (χ2n) is 2.97. The van der Waals surface area contributed by atoms with Crippen LogP contribution in [-0.4, -0.2) is 41.2 Å². The minimum absolute atomic E-state index is 0.0470. The smallest absolute Gasteiger partial charge is 0.345 e. The van der Waals surface area contributed by atoms with Crippen LogP contribution in [0.5, 0.6) is 0 Å². The van der Waals surface area contributed by atoms with E-state index in [1.54, 1.807) is 0 Å². The van der Waals surface area contributed by atoms with Crippen LogP contribution >= 0.6 is 11.3 Å². The standard InChI is InChI=1S/C7H10N4O3S/c12-11(13)6-5-8-7(15-6)9-10-1-3-14-4-2-10/h5H,1-4H2,(H,8,9). The van der Waals surface area contributed by atoms with Crippen LogP contribution in [0.25, 0.3) is 0 Å². The number of anilines is 1. The van der Waals surface area contributed by atoms with E-state index in [4.69, 9.17) is 4.74 Å². The minimum Gasteiger partial charge on any atom is -0.379 e. The van der Waals surface area contributed by atoms with Crippen LogP contribution in [0.1, 0.15) is 0 Å². The van der Waals surface area contributed by atoms with Crippen LogP contribution in [0.4, 0.5) is 10.1 Å². The molecule has 0 unspecified atom stereocenters. The molecule has 82 valence electrons. The van der Waals surface area contributed by atoms with Crippen LogP contribution in [0.15, 0.2) is 6.20 Å². The van der Waals surface area contributed by atoms with Crippen LogP contribution in [0, 0.1) is 10.1 Å². The van der Waals surface area contributed by atoms with Crippen molar-refractivity contribution in [2.24, 2.45) is 0 Å². The Morgan fingerprint density at radius 1 is 1.60 bits per heavy atom. The predicted molar refractivity (Wildman–Crippen MR) is 54.8 cm³/mol. The molecule has 1 aromatic heterocycles. The molecule has 0 radical (unpaired) electrons. The van der Waals surface area contributed by atoms with E-state index in [1.165, 1.54) is 6.20 Å². The first-order valence-electron chi connectivity index (χ1n) is 4.45. The molecule has 0 amide bonds. The van der Waals surface area contributed by atoms with Crippen LogP contribution in [-0.2, 0) is 4.74 Å². The van der Waals surface area contributed by atoms with Gasteiger partial charge < -0.3 is 4.74 Å². The van der Waals surface area contributed by atoms with Gasteiger partial charge in [-0.2, -0.15) is 0 Å². The van der Waals surface area contributed by atoms with E-state index >= 15 is 0 Å². The summed E-state index contributed by atoms with van der Waals surface area (Å²) in [4.78, 5) is 13.9. The van der Waals surface area contributed by atoms with Gasteiger partial charge in [0.1, 0.15) is 6.20 Å². The third-order valence-corrected chi connectivity index (χ3v) is 2.79. The van der Waals surface area contributed by atoms with Crippen molar-refractivity contribution in [1.82, 2.24) is 9.99 Å². The van der Waals surface area contributed by atoms with Gasteiger partial charge in [-0.15, -0.1) is 0 Å². The van der Waals surface area contributed by atoms with Crippen molar-refractivity contribution in [2.45, 2.75) is 0 Å². The van der Waals surface area contributed by atoms with Gasteiger partial charge in [0.05, 0.1) is 18.1 Å². The van der Waals surface area contributed by atoms with E-state index in [0.29, 0.717) is 18.3 Å². The summed E-state index contributed by atoms with van der Waals surface area (Å²) in [6.45, 7) is 2.85. The number of hydrogen-bond acceptors (Lipinski definition) is 7. The molecule has 1 fully saturated rings. The lowest BCUT2D eigenvalue weighted by Gasteiger charge is -2.26. The van der Waals surface area contributed by atoms with Crippen molar-refractivity contribution < 1.29 is 9.66 Å². The van der Waals surface area contributed by atoms with Crippen molar-refractivity contribution in [3.05, 3.63) is 16.3 Å². The molecular weight excluding hydrogens is 220 g/mol. The summed E-state index contributed by atoms with van der Waals surface area (Å²) in [5.74, 6) is 0. The summed E-state index contributed by atoms with van der Waals surface area (Å²) in [5, 5.41) is 12.9. The number of rotatable bonds is 3. The first-order chi connectivity index (χ1) is 7.25. The highest BCUT2D eigenvalue weighted by molar-refractivity contribution is 7.18. The molecule has 0 aromatic carbocycles. The van der Waals surface area contributed by atoms with Gasteiger partial charge in [0, 0.05) is 13.1 Å². The Labute approximate surface area is 89.8 Å². The zero-order chi connectivity index (χ0) is 10.7. The van der Waals surface area contributed by atoms with Gasteiger partial charge in [0.25, 0.3) is 0 Å². The fourth-order valence-electron chi connectivity index (χ4n) is 1.21. The van der Waals surface area contributed by atoms with E-state index in [2.05, 4.69) is 10.4 Å². The highest BCUT2D eigenvalue weighted by Crippen LogP contribution is 2.25. The van der Waals surface area contributed by atoms with E-state index in [9.17, 15) is 10.1 Å². The van der Waals surface area contributed by atoms with Gasteiger partial charge in [-0.25, -0.2) is 9.99 Å². The minimum atomic E-state index is -0.442. The highest BCUT2D eigenvalue weighted by Gasteiger charge is 2.15. The summed E-state index contributed by atoms with van der Waals surface area (Å²) in [5.41, 5.74) is 3.01. The second kappa shape index (κ2) is 4.51. The van der Waals surface area contributed by atoms with Gasteiger partial charge in [0.15, 0.2) is 0 Å². The summed E-state index contributed by atoms with van der Waals surface area (Å²) in [7, 11) is 0. The number of morpholine rings is 1. The summed E-state index contributed by atoms with van der Waals surface area (Å²) < 4.78 is 5.17. The van der Waals surface area contributed by atoms with Crippen molar-refractivity contribution in [3.63, 3.8) is 0 Å². The maximum Gasteiger partial charge on any atom is 0.345 e. The van der Waals surface area contributed by atoms with Gasteiger partial charge >= 0.3 is 5.00 Å². The molecule has 1 aliphatic heterocycles. The summed E-state index contributed by atoms with van der Waals surface area (Å²) in [6, 6.07) is 0. The van der Waals surface area contributed by atoms with Crippen LogP contribution in [0.3, 0.4) is 0 Å². The molecule has 1 saturated heterocycles. The Balaban J connectivity index is 1.94. The largest absolute Gasteiger partial charge is 0.379 e. The van der Waals surface area contributed by atoms with E-state index < -0.39 is 4.92 Å². The quantitative estimate of drug-likeness (QED) is 0.608. The number of hydrazine groups is 1. The normalized spacial score (nSPS) is 17.6. The molecule has 8 heteroatoms. The van der Waals surface area contributed by atoms with E-state index in [-0.39, 0.29) is 5.00 Å². The van der Waals surface area contributed by atoms with Gasteiger partial charge in [-0.3, -0.25) is 15.5 Å². The monoisotopic (exact) mass is 230 g/mol. The first kappa shape index (κ1) is 10.3. The summed E-state index contributed by atoms with van der Waals surface area (Å²) >= 11 is 1.03. The van der Waals surface area contributed by atoms with Crippen molar-refractivity contribution in [3.8, 4) is 0 Å². The maximum absolute atomic E-state index is 10.4. The van der Waals surface area contributed by atoms with Crippen LogP contribution in [0.2, 0.25) is 0 Å². The lowest BCUT2D eigenvalue weighted by Crippen LogP contribution is -2.40. The van der Waals surface area contributed by atoms with Crippen molar-refractivity contribution in [2.75, 3.05) is 31.7 Å². The lowest BCUT2D eigenvalue weighted by atomic mass is 10.5. The number of thiazole rings is 1. The van der Waals surface area contributed by atoms with Crippen LogP contribution < -0.4 is 5.43 Å². The predicted octanol–water partition coefficient (Wildman–Crippen LogP) is 0.710. The third-order valence-electron chi connectivity index (χ3n) is 1.94. The molecule has 0 aliphatic carbocycles. The average Bonchev–Trinajstić information content (AvgIpc) is 2.68. The van der Waals surface area contributed by atoms with Crippen molar-refractivity contribution in [1.29, 1.82) is 0 Å². The fourth-order valence-corrected chi connectivity index (χ4v) is 1.87. The number of aromatic nitrogens is 1. The molecule has 0 bridgehead atoms.